The first-order valence-corrected chi connectivity index (χ1v) is 11.0. The topological polar surface area (TPSA) is 93.7 Å². The van der Waals surface area contributed by atoms with Crippen LogP contribution in [0.15, 0.2) is 89.5 Å². The number of furan rings is 1. The van der Waals surface area contributed by atoms with Gasteiger partial charge in [-0.25, -0.2) is 0 Å². The van der Waals surface area contributed by atoms with E-state index in [2.05, 4.69) is 10.3 Å². The van der Waals surface area contributed by atoms with Crippen LogP contribution < -0.4 is 15.0 Å². The molecule has 1 fully saturated rings. The molecule has 0 aliphatic carbocycles. The Balaban J connectivity index is 1.59. The molecule has 1 aliphatic rings. The van der Waals surface area contributed by atoms with Gasteiger partial charge in [-0.3, -0.25) is 15.1 Å². The van der Waals surface area contributed by atoms with Gasteiger partial charge in [0.1, 0.15) is 23.3 Å². The number of nitro groups is 1. The summed E-state index contributed by atoms with van der Waals surface area (Å²) < 4.78 is 11.9. The highest BCUT2D eigenvalue weighted by Crippen LogP contribution is 2.45. The van der Waals surface area contributed by atoms with Gasteiger partial charge in [0.2, 0.25) is 0 Å². The first kappa shape index (κ1) is 21.6. The Bertz CT molecular complexity index is 1340. The average molecular weight is 473 g/mol. The number of nitrogens with zero attached hydrogens (tertiary/aromatic N) is 3. The van der Waals surface area contributed by atoms with E-state index in [9.17, 15) is 10.1 Å². The van der Waals surface area contributed by atoms with Gasteiger partial charge >= 0.3 is 0 Å². The van der Waals surface area contributed by atoms with Crippen molar-refractivity contribution in [2.75, 3.05) is 12.0 Å². The molecular weight excluding hydrogens is 452 g/mol. The molecule has 0 saturated carbocycles. The van der Waals surface area contributed by atoms with E-state index < -0.39 is 4.92 Å². The molecule has 0 bridgehead atoms. The van der Waals surface area contributed by atoms with E-state index in [1.807, 2.05) is 59.5 Å². The van der Waals surface area contributed by atoms with Crippen molar-refractivity contribution in [2.45, 2.75) is 12.1 Å². The Morgan fingerprint density at radius 1 is 1.06 bits per heavy atom. The predicted octanol–water partition coefficient (Wildman–Crippen LogP) is 5.44. The lowest BCUT2D eigenvalue weighted by Crippen LogP contribution is -2.29. The molecule has 1 N–H and O–H groups in total. The van der Waals surface area contributed by atoms with Crippen molar-refractivity contribution in [3.63, 3.8) is 0 Å². The van der Waals surface area contributed by atoms with Gasteiger partial charge in [0.05, 0.1) is 29.5 Å². The zero-order valence-corrected chi connectivity index (χ0v) is 18.9. The molecule has 1 saturated heterocycles. The minimum atomic E-state index is -0.426. The lowest BCUT2D eigenvalue weighted by atomic mass is 10.0. The summed E-state index contributed by atoms with van der Waals surface area (Å²) >= 11 is 5.75. The molecule has 8 nitrogen and oxygen atoms in total. The minimum Gasteiger partial charge on any atom is -0.495 e. The van der Waals surface area contributed by atoms with E-state index in [1.54, 1.807) is 25.4 Å². The minimum absolute atomic E-state index is 0.0263. The molecule has 2 atom stereocenters. The van der Waals surface area contributed by atoms with Crippen molar-refractivity contribution in [3.05, 3.63) is 107 Å². The number of nitrogens with one attached hydrogen (secondary N) is 1. The van der Waals surface area contributed by atoms with E-state index in [4.69, 9.17) is 21.4 Å². The van der Waals surface area contributed by atoms with Gasteiger partial charge in [0.25, 0.3) is 5.69 Å². The van der Waals surface area contributed by atoms with E-state index in [0.29, 0.717) is 22.4 Å². The zero-order valence-electron chi connectivity index (χ0n) is 18.1. The maximum absolute atomic E-state index is 11.0. The van der Waals surface area contributed by atoms with Gasteiger partial charge in [-0.05, 0) is 60.7 Å². The SMILES string of the molecule is COc1ccccc1N1C(=S)N[C@H](c2ccccn2)[C@@H]1c1ccc(-c2ccc([N+](=O)[O-])cc2)o1. The third-order valence-electron chi connectivity index (χ3n) is 5.72. The molecule has 3 heterocycles. The standard InChI is InChI=1S/C25H20N4O4S/c1-32-21-8-3-2-7-19(21)28-24(23(27-25(28)34)18-6-4-5-15-26-18)22-14-13-20(33-22)16-9-11-17(12-10-16)29(30)31/h2-15,23-24H,1H3,(H,27,34)/t23-,24+/m1/s1. The summed E-state index contributed by atoms with van der Waals surface area (Å²) in [4.78, 5) is 17.1. The number of rotatable bonds is 6. The summed E-state index contributed by atoms with van der Waals surface area (Å²) in [6.45, 7) is 0. The highest BCUT2D eigenvalue weighted by molar-refractivity contribution is 7.80. The Kier molecular flexibility index (Phi) is 5.69. The number of ether oxygens (including phenoxy) is 1. The summed E-state index contributed by atoms with van der Waals surface area (Å²) in [6, 6.07) is 22.8. The van der Waals surface area contributed by atoms with E-state index in [0.717, 1.165) is 16.9 Å². The van der Waals surface area contributed by atoms with Crippen LogP contribution in [0.3, 0.4) is 0 Å². The number of aromatic nitrogens is 1. The molecular formula is C25H20N4O4S. The number of nitro benzene ring substituents is 1. The Morgan fingerprint density at radius 2 is 1.82 bits per heavy atom. The van der Waals surface area contributed by atoms with Crippen LogP contribution in [0.2, 0.25) is 0 Å². The highest BCUT2D eigenvalue weighted by atomic mass is 32.1. The summed E-state index contributed by atoms with van der Waals surface area (Å²) in [7, 11) is 1.62. The first-order chi connectivity index (χ1) is 16.6. The van der Waals surface area contributed by atoms with Gasteiger partial charge in [-0.2, -0.15) is 0 Å². The Morgan fingerprint density at radius 3 is 2.53 bits per heavy atom. The predicted molar refractivity (Wildman–Crippen MR) is 132 cm³/mol. The summed E-state index contributed by atoms with van der Waals surface area (Å²) in [5.41, 5.74) is 2.39. The zero-order chi connectivity index (χ0) is 23.7. The lowest BCUT2D eigenvalue weighted by molar-refractivity contribution is -0.384. The number of anilines is 1. The van der Waals surface area contributed by atoms with Crippen LogP contribution in [0.4, 0.5) is 11.4 Å². The van der Waals surface area contributed by atoms with Crippen LogP contribution in [0.5, 0.6) is 5.75 Å². The van der Waals surface area contributed by atoms with Crippen LogP contribution in [0, 0.1) is 10.1 Å². The smallest absolute Gasteiger partial charge is 0.269 e. The summed E-state index contributed by atoms with van der Waals surface area (Å²) in [5.74, 6) is 1.95. The molecule has 9 heteroatoms. The molecule has 0 amide bonds. The average Bonchev–Trinajstić information content (AvgIpc) is 3.49. The fourth-order valence-corrected chi connectivity index (χ4v) is 4.49. The van der Waals surface area contributed by atoms with Crippen LogP contribution >= 0.6 is 12.2 Å². The second-order valence-corrected chi connectivity index (χ2v) is 8.06. The van der Waals surface area contributed by atoms with E-state index in [1.165, 1.54) is 12.1 Å². The molecule has 0 radical (unpaired) electrons. The van der Waals surface area contributed by atoms with Gasteiger partial charge in [-0.1, -0.05) is 18.2 Å². The van der Waals surface area contributed by atoms with Crippen LogP contribution in [0.25, 0.3) is 11.3 Å². The van der Waals surface area contributed by atoms with Crippen molar-refractivity contribution < 1.29 is 14.1 Å². The monoisotopic (exact) mass is 472 g/mol. The fourth-order valence-electron chi connectivity index (χ4n) is 4.15. The molecule has 4 aromatic rings. The maximum atomic E-state index is 11.0. The second-order valence-electron chi connectivity index (χ2n) is 7.67. The number of methoxy groups -OCH3 is 1. The van der Waals surface area contributed by atoms with Crippen molar-refractivity contribution in [3.8, 4) is 17.1 Å². The van der Waals surface area contributed by atoms with Gasteiger partial charge in [0.15, 0.2) is 5.11 Å². The number of non-ortho nitro benzene ring substituents is 1. The normalized spacial score (nSPS) is 17.4. The number of benzene rings is 2. The third-order valence-corrected chi connectivity index (χ3v) is 6.04. The van der Waals surface area contributed by atoms with E-state index in [-0.39, 0.29) is 17.8 Å². The first-order valence-electron chi connectivity index (χ1n) is 10.5. The maximum Gasteiger partial charge on any atom is 0.269 e. The molecule has 1 aliphatic heterocycles. The van der Waals surface area contributed by atoms with Crippen molar-refractivity contribution in [1.29, 1.82) is 0 Å². The molecule has 0 spiro atoms. The Hall–Kier alpha value is -4.24. The quantitative estimate of drug-likeness (QED) is 0.225. The molecule has 2 aromatic heterocycles. The molecule has 170 valence electrons. The number of hydrogen-bond acceptors (Lipinski definition) is 6. The van der Waals surface area contributed by atoms with Crippen LogP contribution in [0.1, 0.15) is 23.5 Å². The molecule has 0 unspecified atom stereocenters. The largest absolute Gasteiger partial charge is 0.495 e. The summed E-state index contributed by atoms with van der Waals surface area (Å²) in [5, 5.41) is 14.9. The van der Waals surface area contributed by atoms with Crippen molar-refractivity contribution >= 4 is 28.7 Å². The highest BCUT2D eigenvalue weighted by Gasteiger charge is 2.43. The van der Waals surface area contributed by atoms with Crippen LogP contribution in [-0.2, 0) is 0 Å². The molecule has 5 rings (SSSR count). The van der Waals surface area contributed by atoms with Gasteiger partial charge < -0.3 is 19.4 Å². The number of thiocarbonyl (C=S) groups is 1. The van der Waals surface area contributed by atoms with Crippen LogP contribution in [-0.4, -0.2) is 22.1 Å². The van der Waals surface area contributed by atoms with E-state index >= 15 is 0 Å². The van der Waals surface area contributed by atoms with Crippen molar-refractivity contribution in [2.24, 2.45) is 0 Å². The fraction of sp³-hybridized carbons (Fsp3) is 0.120. The van der Waals surface area contributed by atoms with Gasteiger partial charge in [-0.15, -0.1) is 0 Å². The van der Waals surface area contributed by atoms with Crippen molar-refractivity contribution in [1.82, 2.24) is 10.3 Å². The number of pyridine rings is 1. The summed E-state index contributed by atoms with van der Waals surface area (Å²) in [6.07, 6.45) is 1.74. The number of para-hydroxylation sites is 2. The Labute approximate surface area is 201 Å². The second kappa shape index (κ2) is 8.95. The van der Waals surface area contributed by atoms with Gasteiger partial charge in [0, 0.05) is 23.9 Å². The molecule has 34 heavy (non-hydrogen) atoms. The number of hydrogen-bond donors (Lipinski definition) is 1. The molecule has 2 aromatic carbocycles. The lowest BCUT2D eigenvalue weighted by Gasteiger charge is -2.27. The third kappa shape index (κ3) is 3.86.